The predicted molar refractivity (Wildman–Crippen MR) is 115 cm³/mol. The topological polar surface area (TPSA) is 95.9 Å². The number of carbonyl (C=O) groups is 3. The van der Waals surface area contributed by atoms with Gasteiger partial charge in [-0.1, -0.05) is 55.5 Å². The quantitative estimate of drug-likeness (QED) is 0.771. The smallest absolute Gasteiger partial charge is 0.407 e. The van der Waals surface area contributed by atoms with Gasteiger partial charge in [0.2, 0.25) is 5.91 Å². The Morgan fingerprint density at radius 3 is 2.26 bits per heavy atom. The minimum atomic E-state index is -1.01. The standard InChI is InChI=1S/C24H26N2O5/c1-15-10-11-21(23(28)29)26(13-15)22(27)12-25-24(30)31-14-20-18-8-4-2-6-16(18)17-7-3-5-9-19(17)20/h2-9,15,20-21H,10-14H2,1H3,(H,25,30)(H,28,29). The third-order valence-electron chi connectivity index (χ3n) is 6.15. The van der Waals surface area contributed by atoms with E-state index in [0.717, 1.165) is 28.7 Å². The van der Waals surface area contributed by atoms with Crippen molar-refractivity contribution in [3.63, 3.8) is 0 Å². The van der Waals surface area contributed by atoms with Gasteiger partial charge in [0.1, 0.15) is 19.2 Å². The number of likely N-dealkylation sites (tertiary alicyclic amines) is 1. The van der Waals surface area contributed by atoms with E-state index in [9.17, 15) is 19.5 Å². The monoisotopic (exact) mass is 422 g/mol. The number of carbonyl (C=O) groups excluding carboxylic acids is 2. The first-order valence-corrected chi connectivity index (χ1v) is 10.6. The van der Waals surface area contributed by atoms with Gasteiger partial charge in [0.25, 0.3) is 0 Å². The van der Waals surface area contributed by atoms with E-state index in [1.54, 1.807) is 0 Å². The van der Waals surface area contributed by atoms with Crippen LogP contribution in [0.3, 0.4) is 0 Å². The van der Waals surface area contributed by atoms with E-state index in [0.29, 0.717) is 13.0 Å². The van der Waals surface area contributed by atoms with Gasteiger partial charge in [0.05, 0.1) is 0 Å². The van der Waals surface area contributed by atoms with E-state index in [1.165, 1.54) is 4.90 Å². The molecule has 0 bridgehead atoms. The Kier molecular flexibility index (Phi) is 5.93. The number of fused-ring (bicyclic) bond motifs is 3. The summed E-state index contributed by atoms with van der Waals surface area (Å²) in [6.45, 7) is 2.24. The lowest BCUT2D eigenvalue weighted by atomic mass is 9.94. The second kappa shape index (κ2) is 8.79. The Hall–Kier alpha value is -3.35. The van der Waals surface area contributed by atoms with Crippen LogP contribution in [0.15, 0.2) is 48.5 Å². The lowest BCUT2D eigenvalue weighted by Crippen LogP contribution is -2.53. The molecule has 0 radical (unpaired) electrons. The molecule has 1 heterocycles. The highest BCUT2D eigenvalue weighted by atomic mass is 16.5. The summed E-state index contributed by atoms with van der Waals surface area (Å²) in [6.07, 6.45) is 0.500. The SMILES string of the molecule is CC1CCC(C(=O)O)N(C(=O)CNC(=O)OCC2c3ccccc3-c3ccccc32)C1. The van der Waals surface area contributed by atoms with Crippen LogP contribution in [0.5, 0.6) is 0 Å². The van der Waals surface area contributed by atoms with Crippen molar-refractivity contribution in [2.45, 2.75) is 31.7 Å². The van der Waals surface area contributed by atoms with E-state index >= 15 is 0 Å². The molecular weight excluding hydrogens is 396 g/mol. The van der Waals surface area contributed by atoms with Gasteiger partial charge in [-0.25, -0.2) is 9.59 Å². The van der Waals surface area contributed by atoms with Crippen molar-refractivity contribution in [3.8, 4) is 11.1 Å². The summed E-state index contributed by atoms with van der Waals surface area (Å²) < 4.78 is 5.44. The number of alkyl carbamates (subject to hydrolysis) is 1. The highest BCUT2D eigenvalue weighted by molar-refractivity contribution is 5.87. The molecule has 2 aromatic rings. The zero-order chi connectivity index (χ0) is 22.0. The van der Waals surface area contributed by atoms with E-state index < -0.39 is 24.0 Å². The summed E-state index contributed by atoms with van der Waals surface area (Å²) in [5.41, 5.74) is 4.50. The molecule has 2 aliphatic rings. The van der Waals surface area contributed by atoms with Crippen LogP contribution in [0.4, 0.5) is 4.79 Å². The molecule has 1 saturated heterocycles. The van der Waals surface area contributed by atoms with Crippen LogP contribution < -0.4 is 5.32 Å². The molecule has 31 heavy (non-hydrogen) atoms. The van der Waals surface area contributed by atoms with Crippen molar-refractivity contribution in [3.05, 3.63) is 59.7 Å². The highest BCUT2D eigenvalue weighted by Gasteiger charge is 2.34. The molecule has 0 spiro atoms. The van der Waals surface area contributed by atoms with E-state index in [-0.39, 0.29) is 25.0 Å². The fourth-order valence-corrected chi connectivity index (χ4v) is 4.58. The molecule has 0 aromatic heterocycles. The maximum absolute atomic E-state index is 12.5. The maximum atomic E-state index is 12.5. The highest BCUT2D eigenvalue weighted by Crippen LogP contribution is 2.44. The summed E-state index contributed by atoms with van der Waals surface area (Å²) in [4.78, 5) is 37.6. The number of rotatable bonds is 5. The number of nitrogens with one attached hydrogen (secondary N) is 1. The normalized spacial score (nSPS) is 20.0. The number of hydrogen-bond donors (Lipinski definition) is 2. The lowest BCUT2D eigenvalue weighted by Gasteiger charge is -2.36. The molecule has 2 amide bonds. The van der Waals surface area contributed by atoms with Crippen molar-refractivity contribution in [1.82, 2.24) is 10.2 Å². The fraction of sp³-hybridized carbons (Fsp3) is 0.375. The molecule has 1 fully saturated rings. The molecule has 0 saturated carbocycles. The van der Waals surface area contributed by atoms with Crippen LogP contribution in [-0.4, -0.2) is 53.7 Å². The summed E-state index contributed by atoms with van der Waals surface area (Å²) in [5.74, 6) is -1.25. The van der Waals surface area contributed by atoms with Gasteiger partial charge in [0.15, 0.2) is 0 Å². The van der Waals surface area contributed by atoms with E-state index in [2.05, 4.69) is 17.4 Å². The predicted octanol–water partition coefficient (Wildman–Crippen LogP) is 3.24. The first-order valence-electron chi connectivity index (χ1n) is 10.6. The molecule has 1 aliphatic heterocycles. The Labute approximate surface area is 181 Å². The van der Waals surface area contributed by atoms with Crippen LogP contribution >= 0.6 is 0 Å². The third kappa shape index (κ3) is 4.26. The van der Waals surface area contributed by atoms with Crippen LogP contribution in [0, 0.1) is 5.92 Å². The molecule has 1 aliphatic carbocycles. The summed E-state index contributed by atoms with van der Waals surface area (Å²) in [5, 5.41) is 11.9. The average molecular weight is 422 g/mol. The molecule has 7 heteroatoms. The number of benzene rings is 2. The maximum Gasteiger partial charge on any atom is 0.407 e. The van der Waals surface area contributed by atoms with Crippen molar-refractivity contribution >= 4 is 18.0 Å². The van der Waals surface area contributed by atoms with E-state index in [1.807, 2.05) is 43.3 Å². The van der Waals surface area contributed by atoms with Gasteiger partial charge in [0, 0.05) is 12.5 Å². The molecular formula is C24H26N2O5. The number of amides is 2. The number of ether oxygens (including phenoxy) is 1. The average Bonchev–Trinajstić information content (AvgIpc) is 3.09. The van der Waals surface area contributed by atoms with Crippen molar-refractivity contribution in [2.75, 3.05) is 19.7 Å². The van der Waals surface area contributed by atoms with Gasteiger partial charge in [-0.2, -0.15) is 0 Å². The van der Waals surface area contributed by atoms with Crippen molar-refractivity contribution in [2.24, 2.45) is 5.92 Å². The first-order chi connectivity index (χ1) is 15.0. The molecule has 2 atom stereocenters. The molecule has 162 valence electrons. The number of carboxylic acids is 1. The summed E-state index contributed by atoms with van der Waals surface area (Å²) in [7, 11) is 0. The molecule has 2 aromatic carbocycles. The lowest BCUT2D eigenvalue weighted by molar-refractivity contribution is -0.152. The zero-order valence-electron chi connectivity index (χ0n) is 17.4. The second-order valence-electron chi connectivity index (χ2n) is 8.26. The van der Waals surface area contributed by atoms with Crippen molar-refractivity contribution < 1.29 is 24.2 Å². The van der Waals surface area contributed by atoms with Gasteiger partial charge in [-0.3, -0.25) is 4.79 Å². The second-order valence-corrected chi connectivity index (χ2v) is 8.26. The number of hydrogen-bond acceptors (Lipinski definition) is 4. The third-order valence-corrected chi connectivity index (χ3v) is 6.15. The van der Waals surface area contributed by atoms with Gasteiger partial charge >= 0.3 is 12.1 Å². The fourth-order valence-electron chi connectivity index (χ4n) is 4.58. The Morgan fingerprint density at radius 2 is 1.65 bits per heavy atom. The number of carboxylic acid groups (broad SMARTS) is 1. The Morgan fingerprint density at radius 1 is 1.03 bits per heavy atom. The van der Waals surface area contributed by atoms with Gasteiger partial charge in [-0.15, -0.1) is 0 Å². The molecule has 2 unspecified atom stereocenters. The first kappa shape index (κ1) is 20.9. The minimum absolute atomic E-state index is 0.0619. The van der Waals surface area contributed by atoms with Crippen LogP contribution in [0.25, 0.3) is 11.1 Å². The number of nitrogens with zero attached hydrogens (tertiary/aromatic N) is 1. The molecule has 7 nitrogen and oxygen atoms in total. The molecule has 2 N–H and O–H groups in total. The van der Waals surface area contributed by atoms with E-state index in [4.69, 9.17) is 4.74 Å². The Balaban J connectivity index is 1.35. The summed E-state index contributed by atoms with van der Waals surface area (Å²) >= 11 is 0. The van der Waals surface area contributed by atoms with Gasteiger partial charge in [-0.05, 0) is 41.0 Å². The number of aliphatic carboxylic acids is 1. The zero-order valence-corrected chi connectivity index (χ0v) is 17.4. The van der Waals surface area contributed by atoms with Crippen molar-refractivity contribution in [1.29, 1.82) is 0 Å². The van der Waals surface area contributed by atoms with Crippen LogP contribution in [0.1, 0.15) is 36.8 Å². The van der Waals surface area contributed by atoms with Gasteiger partial charge < -0.3 is 20.1 Å². The largest absolute Gasteiger partial charge is 0.480 e. The summed E-state index contributed by atoms with van der Waals surface area (Å²) in [6, 6.07) is 15.3. The molecule has 4 rings (SSSR count). The van der Waals surface area contributed by atoms with Crippen LogP contribution in [0.2, 0.25) is 0 Å². The Bertz CT molecular complexity index is 959. The van der Waals surface area contributed by atoms with Crippen LogP contribution in [-0.2, 0) is 14.3 Å². The number of piperidine rings is 1. The minimum Gasteiger partial charge on any atom is -0.480 e.